The van der Waals surface area contributed by atoms with Crippen LogP contribution < -0.4 is 5.32 Å². The minimum Gasteiger partial charge on any atom is -0.436 e. The first-order valence-electron chi connectivity index (χ1n) is 14.4. The fourth-order valence-corrected chi connectivity index (χ4v) is 5.86. The van der Waals surface area contributed by atoms with Gasteiger partial charge in [0.25, 0.3) is 0 Å². The molecule has 2 aromatic carbocycles. The zero-order valence-corrected chi connectivity index (χ0v) is 25.0. The first-order chi connectivity index (χ1) is 19.0. The number of ether oxygens (including phenoxy) is 1. The number of anilines is 1. The molecular weight excluding hydrogens is 492 g/mol. The van der Waals surface area contributed by atoms with Crippen molar-refractivity contribution in [2.24, 2.45) is 5.41 Å². The highest BCUT2D eigenvalue weighted by molar-refractivity contribution is 5.83. The van der Waals surface area contributed by atoms with E-state index in [2.05, 4.69) is 96.3 Å². The van der Waals surface area contributed by atoms with Crippen molar-refractivity contribution in [2.45, 2.75) is 79.6 Å². The van der Waals surface area contributed by atoms with Gasteiger partial charge < -0.3 is 14.5 Å². The van der Waals surface area contributed by atoms with Crippen molar-refractivity contribution in [3.8, 4) is 11.5 Å². The first-order valence-corrected chi connectivity index (χ1v) is 14.4. The molecule has 1 aromatic heterocycles. The number of benzene rings is 2. The van der Waals surface area contributed by atoms with Crippen molar-refractivity contribution in [1.82, 2.24) is 4.98 Å². The van der Waals surface area contributed by atoms with Crippen LogP contribution in [0.3, 0.4) is 0 Å². The van der Waals surface area contributed by atoms with Crippen LogP contribution >= 0.6 is 0 Å². The van der Waals surface area contributed by atoms with E-state index in [1.807, 2.05) is 36.4 Å². The van der Waals surface area contributed by atoms with Gasteiger partial charge in [-0.2, -0.15) is 0 Å². The Hall–Kier alpha value is -3.63. The molecule has 1 unspecified atom stereocenters. The van der Waals surface area contributed by atoms with Crippen LogP contribution in [0, 0.1) is 5.41 Å². The Morgan fingerprint density at radius 2 is 1.80 bits per heavy atom. The Morgan fingerprint density at radius 1 is 1.02 bits per heavy atom. The molecule has 1 N–H and O–H groups in total. The summed E-state index contributed by atoms with van der Waals surface area (Å²) in [5, 5.41) is 3.54. The van der Waals surface area contributed by atoms with Crippen molar-refractivity contribution >= 4 is 16.8 Å². The Kier molecular flexibility index (Phi) is 7.74. The van der Waals surface area contributed by atoms with Crippen molar-refractivity contribution < 1.29 is 9.15 Å². The highest BCUT2D eigenvalue weighted by atomic mass is 16.5. The van der Waals surface area contributed by atoms with E-state index >= 15 is 0 Å². The van der Waals surface area contributed by atoms with Crippen LogP contribution in [0.25, 0.3) is 22.6 Å². The topological polar surface area (TPSA) is 47.3 Å². The van der Waals surface area contributed by atoms with Gasteiger partial charge >= 0.3 is 0 Å². The average molecular weight is 535 g/mol. The van der Waals surface area contributed by atoms with E-state index in [0.29, 0.717) is 5.89 Å². The lowest BCUT2D eigenvalue weighted by Gasteiger charge is -2.38. The molecule has 0 bridgehead atoms. The average Bonchev–Trinajstić information content (AvgIpc) is 3.30. The summed E-state index contributed by atoms with van der Waals surface area (Å²) in [6.45, 7) is 15.5. The smallest absolute Gasteiger partial charge is 0.227 e. The standard InChI is InChI=1S/C36H42N2O2/c1-24(18-19-28-26(3)15-12-20-35(28,4)5)13-11-14-25(2)21-33-37-30-23-32-31(22-29(30)36(6,7)40-33)38-34(39-32)27-16-9-8-10-17-27/h8-11,13-14,16-19,21-23,33,37H,12,15,20H2,1-7H3/b14-11+,19-18+,24-13+,25-21+. The SMILES string of the molecule is CC1=C(/C=C/C(C)=C/C=C/C(C)=C/C2Nc3cc4oc(-c5ccccc5)nc4cc3C(C)(C)O2)C(C)(C)CCC1. The third-order valence-corrected chi connectivity index (χ3v) is 8.10. The van der Waals surface area contributed by atoms with Gasteiger partial charge in [-0.15, -0.1) is 0 Å². The lowest BCUT2D eigenvalue weighted by molar-refractivity contribution is -0.0514. The molecule has 0 saturated carbocycles. The van der Waals surface area contributed by atoms with E-state index in [1.165, 1.54) is 36.0 Å². The Bertz CT molecular complexity index is 1540. The lowest BCUT2D eigenvalue weighted by atomic mass is 9.72. The molecule has 1 atom stereocenters. The number of nitrogens with one attached hydrogen (secondary N) is 1. The number of oxazole rings is 1. The number of allylic oxidation sites excluding steroid dienone is 9. The Balaban J connectivity index is 1.30. The molecule has 4 nitrogen and oxygen atoms in total. The van der Waals surface area contributed by atoms with Crippen molar-refractivity contribution in [1.29, 1.82) is 0 Å². The molecular formula is C36H42N2O2. The molecule has 2 aliphatic rings. The number of aromatic nitrogens is 1. The minimum absolute atomic E-state index is 0.255. The molecule has 1 aliphatic carbocycles. The van der Waals surface area contributed by atoms with E-state index in [9.17, 15) is 0 Å². The normalized spacial score (nSPS) is 21.3. The monoisotopic (exact) mass is 534 g/mol. The van der Waals surface area contributed by atoms with E-state index in [1.54, 1.807) is 0 Å². The fraction of sp³-hybridized carbons (Fsp3) is 0.361. The van der Waals surface area contributed by atoms with Gasteiger partial charge in [0.05, 0.1) is 5.60 Å². The molecule has 0 amide bonds. The Labute approximate surface area is 239 Å². The predicted molar refractivity (Wildman–Crippen MR) is 167 cm³/mol. The summed E-state index contributed by atoms with van der Waals surface area (Å²) in [4.78, 5) is 4.74. The number of hydrogen-bond donors (Lipinski definition) is 1. The number of hydrogen-bond acceptors (Lipinski definition) is 4. The largest absolute Gasteiger partial charge is 0.436 e. The fourth-order valence-electron chi connectivity index (χ4n) is 5.86. The van der Waals surface area contributed by atoms with E-state index in [0.717, 1.165) is 33.5 Å². The zero-order valence-electron chi connectivity index (χ0n) is 25.0. The lowest BCUT2D eigenvalue weighted by Crippen LogP contribution is -2.38. The van der Waals surface area contributed by atoms with Gasteiger partial charge in [0.1, 0.15) is 11.7 Å². The van der Waals surface area contributed by atoms with Gasteiger partial charge in [-0.25, -0.2) is 4.98 Å². The van der Waals surface area contributed by atoms with Crippen LogP contribution in [0.4, 0.5) is 5.69 Å². The molecule has 208 valence electrons. The van der Waals surface area contributed by atoms with Crippen LogP contribution in [0.1, 0.15) is 73.3 Å². The summed E-state index contributed by atoms with van der Waals surface area (Å²) in [5.74, 6) is 0.626. The van der Waals surface area contributed by atoms with E-state index < -0.39 is 5.60 Å². The second kappa shape index (κ2) is 11.1. The maximum atomic E-state index is 6.46. The first kappa shape index (κ1) is 27.9. The van der Waals surface area contributed by atoms with Gasteiger partial charge in [0, 0.05) is 22.9 Å². The van der Waals surface area contributed by atoms with Gasteiger partial charge in [0.15, 0.2) is 5.58 Å². The minimum atomic E-state index is -0.479. The molecule has 0 radical (unpaired) electrons. The van der Waals surface area contributed by atoms with Crippen LogP contribution in [-0.2, 0) is 10.3 Å². The quantitative estimate of drug-likeness (QED) is 0.320. The molecule has 0 fully saturated rings. The third kappa shape index (κ3) is 6.08. The second-order valence-corrected chi connectivity index (χ2v) is 12.4. The summed E-state index contributed by atoms with van der Waals surface area (Å²) in [6, 6.07) is 14.1. The molecule has 2 heterocycles. The summed E-state index contributed by atoms with van der Waals surface area (Å²) in [7, 11) is 0. The van der Waals surface area contributed by atoms with Crippen LogP contribution in [0.15, 0.2) is 106 Å². The Morgan fingerprint density at radius 3 is 2.55 bits per heavy atom. The van der Waals surface area contributed by atoms with Gasteiger partial charge in [-0.1, -0.05) is 79.1 Å². The zero-order chi connectivity index (χ0) is 28.5. The summed E-state index contributed by atoms with van der Waals surface area (Å²) >= 11 is 0. The maximum Gasteiger partial charge on any atom is 0.227 e. The van der Waals surface area contributed by atoms with Crippen LogP contribution in [0.2, 0.25) is 0 Å². The summed E-state index contributed by atoms with van der Waals surface area (Å²) in [6.07, 6.45) is 16.6. The summed E-state index contributed by atoms with van der Waals surface area (Å²) in [5.41, 5.74) is 9.81. The van der Waals surface area contributed by atoms with Gasteiger partial charge in [-0.05, 0) is 89.1 Å². The summed E-state index contributed by atoms with van der Waals surface area (Å²) < 4.78 is 12.6. The molecule has 3 aromatic rings. The van der Waals surface area contributed by atoms with E-state index in [4.69, 9.17) is 14.1 Å². The predicted octanol–water partition coefficient (Wildman–Crippen LogP) is 10.0. The molecule has 4 heteroatoms. The molecule has 0 saturated heterocycles. The molecule has 5 rings (SSSR count). The number of nitrogens with zero attached hydrogens (tertiary/aromatic N) is 1. The van der Waals surface area contributed by atoms with Crippen molar-refractivity contribution in [3.05, 3.63) is 107 Å². The molecule has 40 heavy (non-hydrogen) atoms. The highest BCUT2D eigenvalue weighted by Crippen LogP contribution is 2.42. The van der Waals surface area contributed by atoms with Crippen molar-refractivity contribution in [3.63, 3.8) is 0 Å². The molecule has 0 spiro atoms. The number of fused-ring (bicyclic) bond motifs is 2. The third-order valence-electron chi connectivity index (χ3n) is 8.10. The maximum absolute atomic E-state index is 6.46. The highest BCUT2D eigenvalue weighted by Gasteiger charge is 2.34. The van der Waals surface area contributed by atoms with Gasteiger partial charge in [-0.3, -0.25) is 0 Å². The molecule has 1 aliphatic heterocycles. The second-order valence-electron chi connectivity index (χ2n) is 12.4. The number of rotatable bonds is 6. The van der Waals surface area contributed by atoms with Crippen LogP contribution in [0.5, 0.6) is 0 Å². The van der Waals surface area contributed by atoms with Gasteiger partial charge in [0.2, 0.25) is 5.89 Å². The van der Waals surface area contributed by atoms with Crippen LogP contribution in [-0.4, -0.2) is 11.2 Å². The van der Waals surface area contributed by atoms with Crippen molar-refractivity contribution in [2.75, 3.05) is 5.32 Å². The van der Waals surface area contributed by atoms with E-state index in [-0.39, 0.29) is 11.6 Å².